The Kier molecular flexibility index (Phi) is 147. The quantitative estimate of drug-likeness (QED) is 0.419. The maximum absolute atomic E-state index is 8.89. The van der Waals surface area contributed by atoms with Crippen LogP contribution in [0.25, 0.3) is 0 Å². The molecule has 0 spiro atoms. The molecule has 0 bridgehead atoms. The molecule has 0 rings (SSSR count). The molecule has 0 heterocycles. The molecular formula is C6H12Cr2O9. The average molecular weight is 332 g/mol. The van der Waals surface area contributed by atoms with Crippen molar-refractivity contribution < 1.29 is 80.9 Å². The van der Waals surface area contributed by atoms with E-state index >= 15 is 0 Å². The van der Waals surface area contributed by atoms with E-state index in [9.17, 15) is 0 Å². The van der Waals surface area contributed by atoms with E-state index in [0.29, 0.717) is 0 Å². The van der Waals surface area contributed by atoms with Gasteiger partial charge in [0.15, 0.2) is 0 Å². The summed E-state index contributed by atoms with van der Waals surface area (Å²) in [6.45, 7) is 2.92. The van der Waals surface area contributed by atoms with E-state index in [1.54, 1.807) is 0 Å². The van der Waals surface area contributed by atoms with Crippen molar-refractivity contribution in [2.75, 3.05) is 0 Å². The zero-order chi connectivity index (χ0) is 10.7. The van der Waals surface area contributed by atoms with Gasteiger partial charge in [-0.25, -0.2) is 0 Å². The first kappa shape index (κ1) is 55.2. The molecule has 0 aromatic carbocycles. The van der Waals surface area contributed by atoms with Crippen molar-refractivity contribution in [3.8, 4) is 0 Å². The summed E-state index contributed by atoms with van der Waals surface area (Å²) in [5.41, 5.74) is 0. The Hall–Kier alpha value is -0.645. The Bertz CT molecular complexity index is 121. The van der Waals surface area contributed by atoms with Crippen LogP contribution in [0.4, 0.5) is 0 Å². The molecule has 3 N–H and O–H groups in total. The normalized spacial score (nSPS) is 4.41. The van der Waals surface area contributed by atoms with Gasteiger partial charge in [0.1, 0.15) is 0 Å². The molecule has 2 radical (unpaired) electrons. The van der Waals surface area contributed by atoms with E-state index in [4.69, 9.17) is 29.7 Å². The van der Waals surface area contributed by atoms with Crippen LogP contribution in [0.1, 0.15) is 20.8 Å². The van der Waals surface area contributed by atoms with Gasteiger partial charge < -0.3 is 46.1 Å². The SMILES string of the molecule is CC(=O)[O-].CC(=O)[O-].CC(=O)[O-].[Cr+3].[Cr+3].[OH-].[OH-].[OH-]. The number of carbonyl (C=O) groups is 3. The Morgan fingerprint density at radius 2 is 0.588 bits per heavy atom. The van der Waals surface area contributed by atoms with Gasteiger partial charge in [-0.15, -0.1) is 0 Å². The molecule has 17 heavy (non-hydrogen) atoms. The van der Waals surface area contributed by atoms with Crippen molar-refractivity contribution >= 4 is 17.9 Å². The van der Waals surface area contributed by atoms with E-state index in [1.807, 2.05) is 0 Å². The van der Waals surface area contributed by atoms with Gasteiger partial charge in [0, 0.05) is 17.9 Å². The third-order valence-corrected chi connectivity index (χ3v) is 0. The van der Waals surface area contributed by atoms with E-state index in [2.05, 4.69) is 0 Å². The molecule has 9 nitrogen and oxygen atoms in total. The van der Waals surface area contributed by atoms with Crippen LogP contribution in [0.15, 0.2) is 0 Å². The van der Waals surface area contributed by atoms with Crippen LogP contribution in [0.3, 0.4) is 0 Å². The van der Waals surface area contributed by atoms with Crippen molar-refractivity contribution in [1.82, 2.24) is 0 Å². The molecule has 0 saturated carbocycles. The van der Waals surface area contributed by atoms with Crippen molar-refractivity contribution in [2.45, 2.75) is 20.8 Å². The summed E-state index contributed by atoms with van der Waals surface area (Å²) in [4.78, 5) is 26.7. The minimum atomic E-state index is -1.08. The molecule has 0 aliphatic carbocycles. The number of carboxylic acid groups (broad SMARTS) is 3. The smallest absolute Gasteiger partial charge is 0.870 e. The zero-order valence-corrected chi connectivity index (χ0v) is 11.7. The summed E-state index contributed by atoms with van der Waals surface area (Å²) in [7, 11) is 0. The summed E-state index contributed by atoms with van der Waals surface area (Å²) in [6, 6.07) is 0. The fourth-order valence-electron chi connectivity index (χ4n) is 0. The van der Waals surface area contributed by atoms with Crippen LogP contribution in [0, 0.1) is 0 Å². The second-order valence-corrected chi connectivity index (χ2v) is 1.47. The summed E-state index contributed by atoms with van der Waals surface area (Å²) < 4.78 is 0. The van der Waals surface area contributed by atoms with Crippen LogP contribution in [0.5, 0.6) is 0 Å². The fourth-order valence-corrected chi connectivity index (χ4v) is 0. The fraction of sp³-hybridized carbons (Fsp3) is 0.500. The topological polar surface area (TPSA) is 210 Å². The van der Waals surface area contributed by atoms with Crippen LogP contribution in [0.2, 0.25) is 0 Å². The van der Waals surface area contributed by atoms with Gasteiger partial charge in [0.25, 0.3) is 0 Å². The predicted octanol–water partition coefficient (Wildman–Crippen LogP) is -4.27. The van der Waals surface area contributed by atoms with Crippen molar-refractivity contribution in [1.29, 1.82) is 0 Å². The molecule has 0 unspecified atom stereocenters. The number of hydrogen-bond donors (Lipinski definition) is 0. The van der Waals surface area contributed by atoms with E-state index in [-0.39, 0.29) is 51.2 Å². The monoisotopic (exact) mass is 332 g/mol. The van der Waals surface area contributed by atoms with Crippen LogP contribution in [-0.4, -0.2) is 34.3 Å². The van der Waals surface area contributed by atoms with Crippen molar-refractivity contribution in [3.63, 3.8) is 0 Å². The Labute approximate surface area is 120 Å². The largest absolute Gasteiger partial charge is 3.00 e. The van der Waals surface area contributed by atoms with Gasteiger partial charge in [-0.05, 0) is 20.8 Å². The first-order valence-electron chi connectivity index (χ1n) is 2.72. The van der Waals surface area contributed by atoms with Crippen LogP contribution >= 0.6 is 0 Å². The van der Waals surface area contributed by atoms with Gasteiger partial charge >= 0.3 is 34.7 Å². The van der Waals surface area contributed by atoms with E-state index in [0.717, 1.165) is 20.8 Å². The van der Waals surface area contributed by atoms with Gasteiger partial charge in [0.2, 0.25) is 0 Å². The predicted molar refractivity (Wildman–Crippen MR) is 37.9 cm³/mol. The third-order valence-electron chi connectivity index (χ3n) is 0. The van der Waals surface area contributed by atoms with Gasteiger partial charge in [-0.1, -0.05) is 0 Å². The first-order chi connectivity index (χ1) is 5.20. The molecule has 0 atom stereocenters. The third kappa shape index (κ3) is 6580. The molecule has 0 aromatic rings. The van der Waals surface area contributed by atoms with E-state index < -0.39 is 17.9 Å². The van der Waals surface area contributed by atoms with Gasteiger partial charge in [0.05, 0.1) is 0 Å². The molecule has 0 amide bonds. The molecule has 0 fully saturated rings. The number of carboxylic acids is 3. The Morgan fingerprint density at radius 1 is 0.588 bits per heavy atom. The number of rotatable bonds is 0. The molecule has 0 saturated heterocycles. The van der Waals surface area contributed by atoms with Crippen LogP contribution < -0.4 is 15.3 Å². The minimum Gasteiger partial charge on any atom is -0.870 e. The molecule has 11 heteroatoms. The second kappa shape index (κ2) is 45.3. The van der Waals surface area contributed by atoms with Crippen LogP contribution in [-0.2, 0) is 49.1 Å². The molecular weight excluding hydrogens is 320 g/mol. The Morgan fingerprint density at radius 3 is 0.588 bits per heavy atom. The average Bonchev–Trinajstić information content (AvgIpc) is 1.54. The Balaban J connectivity index is -0.0000000104. The molecule has 0 aromatic heterocycles. The number of carbonyl (C=O) groups excluding carboxylic acids is 3. The standard InChI is InChI=1S/3C2H4O2.2Cr.3H2O/c3*1-2(3)4;;;;;/h3*1H3,(H,3,4);;;3*1H2/q;;;2*+3;;;/p-6. The molecule has 0 aliphatic rings. The summed E-state index contributed by atoms with van der Waals surface area (Å²) in [5, 5.41) is 26.7. The van der Waals surface area contributed by atoms with Gasteiger partial charge in [-0.2, -0.15) is 0 Å². The summed E-state index contributed by atoms with van der Waals surface area (Å²) >= 11 is 0. The van der Waals surface area contributed by atoms with Gasteiger partial charge in [-0.3, -0.25) is 0 Å². The van der Waals surface area contributed by atoms with E-state index in [1.165, 1.54) is 0 Å². The minimum absolute atomic E-state index is 0. The molecule has 102 valence electrons. The van der Waals surface area contributed by atoms with Crippen molar-refractivity contribution in [3.05, 3.63) is 0 Å². The maximum Gasteiger partial charge on any atom is 3.00 e. The summed E-state index contributed by atoms with van der Waals surface area (Å²) in [5.74, 6) is -3.25. The number of aliphatic carboxylic acids is 3. The van der Waals surface area contributed by atoms with Crippen molar-refractivity contribution in [2.24, 2.45) is 0 Å². The number of hydrogen-bond acceptors (Lipinski definition) is 9. The summed E-state index contributed by atoms with van der Waals surface area (Å²) in [6.07, 6.45) is 0. The maximum atomic E-state index is 8.89. The first-order valence-corrected chi connectivity index (χ1v) is 2.72. The zero-order valence-electron chi connectivity index (χ0n) is 9.11. The second-order valence-electron chi connectivity index (χ2n) is 1.47. The molecule has 0 aliphatic heterocycles.